The molecule has 0 spiro atoms. The summed E-state index contributed by atoms with van der Waals surface area (Å²) in [6.07, 6.45) is 1.69. The Morgan fingerprint density at radius 1 is 1.15 bits per heavy atom. The SMILES string of the molecule is Cc1cc(/C=N\NC(=O)c2ccc(Br)cc2)c(C)n1-c1ccccc1I. The van der Waals surface area contributed by atoms with Gasteiger partial charge >= 0.3 is 0 Å². The van der Waals surface area contributed by atoms with Crippen LogP contribution in [0.1, 0.15) is 27.3 Å². The fourth-order valence-electron chi connectivity index (χ4n) is 2.75. The van der Waals surface area contributed by atoms with Crippen LogP contribution >= 0.6 is 38.5 Å². The first kappa shape index (κ1) is 18.8. The van der Waals surface area contributed by atoms with Gasteiger partial charge in [-0.05, 0) is 78.9 Å². The second kappa shape index (κ2) is 8.18. The second-order valence-electron chi connectivity index (χ2n) is 5.82. The van der Waals surface area contributed by atoms with Gasteiger partial charge in [-0.1, -0.05) is 28.1 Å². The minimum Gasteiger partial charge on any atom is -0.317 e. The highest BCUT2D eigenvalue weighted by Gasteiger charge is 2.11. The number of hydrogen-bond acceptors (Lipinski definition) is 2. The molecule has 6 heteroatoms. The zero-order valence-electron chi connectivity index (χ0n) is 14.3. The van der Waals surface area contributed by atoms with E-state index in [2.05, 4.69) is 78.7 Å². The molecule has 0 radical (unpaired) electrons. The Hall–Kier alpha value is -1.93. The summed E-state index contributed by atoms with van der Waals surface area (Å²) in [5.74, 6) is -0.236. The van der Waals surface area contributed by atoms with Crippen LogP contribution < -0.4 is 5.43 Å². The Morgan fingerprint density at radius 2 is 1.85 bits per heavy atom. The molecule has 0 aliphatic carbocycles. The average molecular weight is 522 g/mol. The van der Waals surface area contributed by atoms with Crippen molar-refractivity contribution in [2.45, 2.75) is 13.8 Å². The van der Waals surface area contributed by atoms with Crippen LogP contribution in [-0.4, -0.2) is 16.7 Å². The molecule has 26 heavy (non-hydrogen) atoms. The summed E-state index contributed by atoms with van der Waals surface area (Å²) >= 11 is 5.69. The molecule has 1 amide bonds. The van der Waals surface area contributed by atoms with Crippen molar-refractivity contribution in [2.75, 3.05) is 0 Å². The van der Waals surface area contributed by atoms with E-state index >= 15 is 0 Å². The van der Waals surface area contributed by atoms with Crippen molar-refractivity contribution in [1.29, 1.82) is 0 Å². The van der Waals surface area contributed by atoms with E-state index in [0.717, 1.165) is 27.1 Å². The molecule has 0 bridgehead atoms. The van der Waals surface area contributed by atoms with Crippen molar-refractivity contribution in [2.24, 2.45) is 5.10 Å². The highest BCUT2D eigenvalue weighted by Crippen LogP contribution is 2.23. The molecule has 3 rings (SSSR count). The van der Waals surface area contributed by atoms with Gasteiger partial charge in [0.2, 0.25) is 0 Å². The van der Waals surface area contributed by atoms with E-state index < -0.39 is 0 Å². The molecule has 1 heterocycles. The Balaban J connectivity index is 1.80. The lowest BCUT2D eigenvalue weighted by Gasteiger charge is -2.11. The summed E-state index contributed by atoms with van der Waals surface area (Å²) in [6, 6.07) is 17.5. The number of hydrogen-bond donors (Lipinski definition) is 1. The first-order chi connectivity index (χ1) is 12.5. The molecular formula is C20H17BrIN3O. The molecule has 3 aromatic rings. The molecular weight excluding hydrogens is 505 g/mol. The number of nitrogens with zero attached hydrogens (tertiary/aromatic N) is 2. The largest absolute Gasteiger partial charge is 0.317 e. The van der Waals surface area contributed by atoms with Gasteiger partial charge < -0.3 is 4.57 Å². The molecule has 0 saturated heterocycles. The molecule has 2 aromatic carbocycles. The summed E-state index contributed by atoms with van der Waals surface area (Å²) in [5, 5.41) is 4.12. The molecule has 0 saturated carbocycles. The number of carbonyl (C=O) groups is 1. The lowest BCUT2D eigenvalue weighted by atomic mass is 10.2. The number of carbonyl (C=O) groups excluding carboxylic acids is 1. The minimum atomic E-state index is -0.236. The number of aryl methyl sites for hydroxylation is 1. The summed E-state index contributed by atoms with van der Waals surface area (Å²) in [5.41, 5.74) is 7.45. The standard InChI is InChI=1S/C20H17BrIN3O/c1-13-11-16(14(2)25(13)19-6-4-3-5-18(19)22)12-23-24-20(26)15-7-9-17(21)10-8-15/h3-12H,1-2H3,(H,24,26)/b23-12-. The number of para-hydroxylation sites is 1. The number of hydrazone groups is 1. The summed E-state index contributed by atoms with van der Waals surface area (Å²) in [4.78, 5) is 12.1. The van der Waals surface area contributed by atoms with Gasteiger partial charge in [-0.2, -0.15) is 5.10 Å². The predicted molar refractivity (Wildman–Crippen MR) is 117 cm³/mol. The summed E-state index contributed by atoms with van der Waals surface area (Å²) < 4.78 is 4.30. The van der Waals surface area contributed by atoms with Crippen molar-refractivity contribution in [1.82, 2.24) is 9.99 Å². The monoisotopic (exact) mass is 521 g/mol. The predicted octanol–water partition coefficient (Wildman–Crippen LogP) is 5.23. The van der Waals surface area contributed by atoms with E-state index in [1.807, 2.05) is 31.2 Å². The highest BCUT2D eigenvalue weighted by atomic mass is 127. The van der Waals surface area contributed by atoms with Crippen LogP contribution in [0.4, 0.5) is 0 Å². The Morgan fingerprint density at radius 3 is 2.54 bits per heavy atom. The van der Waals surface area contributed by atoms with Crippen LogP contribution in [0.15, 0.2) is 64.2 Å². The number of nitrogens with one attached hydrogen (secondary N) is 1. The van der Waals surface area contributed by atoms with Gasteiger partial charge in [-0.25, -0.2) is 5.43 Å². The maximum Gasteiger partial charge on any atom is 0.271 e. The van der Waals surface area contributed by atoms with Crippen molar-refractivity contribution in [3.8, 4) is 5.69 Å². The molecule has 0 unspecified atom stereocenters. The lowest BCUT2D eigenvalue weighted by Crippen LogP contribution is -2.17. The minimum absolute atomic E-state index is 0.236. The van der Waals surface area contributed by atoms with Gasteiger partial charge in [0, 0.05) is 30.6 Å². The maximum atomic E-state index is 12.1. The zero-order valence-corrected chi connectivity index (χ0v) is 18.1. The average Bonchev–Trinajstić information content (AvgIpc) is 2.90. The van der Waals surface area contributed by atoms with Crippen molar-refractivity contribution >= 4 is 50.6 Å². The van der Waals surface area contributed by atoms with Crippen molar-refractivity contribution in [3.63, 3.8) is 0 Å². The highest BCUT2D eigenvalue weighted by molar-refractivity contribution is 14.1. The molecule has 4 nitrogen and oxygen atoms in total. The Kier molecular flexibility index (Phi) is 5.93. The van der Waals surface area contributed by atoms with Gasteiger partial charge in [0.15, 0.2) is 0 Å². The van der Waals surface area contributed by atoms with E-state index in [-0.39, 0.29) is 5.91 Å². The molecule has 0 atom stereocenters. The number of amides is 1. The Labute approximate surface area is 174 Å². The number of halogens is 2. The van der Waals surface area contributed by atoms with E-state index in [4.69, 9.17) is 0 Å². The molecule has 132 valence electrons. The second-order valence-corrected chi connectivity index (χ2v) is 7.90. The van der Waals surface area contributed by atoms with Gasteiger partial charge in [0.25, 0.3) is 5.91 Å². The maximum absolute atomic E-state index is 12.1. The molecule has 1 aromatic heterocycles. The fourth-order valence-corrected chi connectivity index (χ4v) is 3.64. The molecule has 0 aliphatic rings. The van der Waals surface area contributed by atoms with E-state index in [1.165, 1.54) is 3.57 Å². The van der Waals surface area contributed by atoms with Crippen molar-refractivity contribution in [3.05, 3.63) is 85.2 Å². The van der Waals surface area contributed by atoms with Crippen LogP contribution in [0.5, 0.6) is 0 Å². The van der Waals surface area contributed by atoms with Gasteiger partial charge in [0.1, 0.15) is 0 Å². The topological polar surface area (TPSA) is 46.4 Å². The Bertz CT molecular complexity index is 977. The van der Waals surface area contributed by atoms with Gasteiger partial charge in [-0.15, -0.1) is 0 Å². The third-order valence-electron chi connectivity index (χ3n) is 4.04. The summed E-state index contributed by atoms with van der Waals surface area (Å²) in [6.45, 7) is 4.11. The van der Waals surface area contributed by atoms with E-state index in [1.54, 1.807) is 18.3 Å². The molecule has 0 aliphatic heterocycles. The third kappa shape index (κ3) is 4.07. The number of aromatic nitrogens is 1. The fraction of sp³-hybridized carbons (Fsp3) is 0.100. The summed E-state index contributed by atoms with van der Waals surface area (Å²) in [7, 11) is 0. The van der Waals surface area contributed by atoms with E-state index in [0.29, 0.717) is 5.56 Å². The first-order valence-electron chi connectivity index (χ1n) is 8.00. The van der Waals surface area contributed by atoms with Crippen LogP contribution in [0, 0.1) is 17.4 Å². The molecule has 1 N–H and O–H groups in total. The van der Waals surface area contributed by atoms with Crippen molar-refractivity contribution < 1.29 is 4.79 Å². The third-order valence-corrected chi connectivity index (χ3v) is 5.48. The normalized spacial score (nSPS) is 11.1. The van der Waals surface area contributed by atoms with Crippen LogP contribution in [-0.2, 0) is 0 Å². The first-order valence-corrected chi connectivity index (χ1v) is 9.87. The number of rotatable bonds is 4. The zero-order chi connectivity index (χ0) is 18.7. The van der Waals surface area contributed by atoms with Crippen LogP contribution in [0.25, 0.3) is 5.69 Å². The lowest BCUT2D eigenvalue weighted by molar-refractivity contribution is 0.0955. The van der Waals surface area contributed by atoms with Crippen LogP contribution in [0.2, 0.25) is 0 Å². The smallest absolute Gasteiger partial charge is 0.271 e. The van der Waals surface area contributed by atoms with Gasteiger partial charge in [0.05, 0.1) is 11.9 Å². The van der Waals surface area contributed by atoms with Gasteiger partial charge in [-0.3, -0.25) is 4.79 Å². The van der Waals surface area contributed by atoms with E-state index in [9.17, 15) is 4.79 Å². The number of benzene rings is 2. The quantitative estimate of drug-likeness (QED) is 0.285. The van der Waals surface area contributed by atoms with Crippen LogP contribution in [0.3, 0.4) is 0 Å². The molecule has 0 fully saturated rings.